The number of ether oxygens (including phenoxy) is 1. The molecule has 1 aliphatic heterocycles. The highest BCUT2D eigenvalue weighted by molar-refractivity contribution is 7.92. The number of amides is 1. The van der Waals surface area contributed by atoms with Gasteiger partial charge in [-0.25, -0.2) is 12.8 Å². The zero-order chi connectivity index (χ0) is 23.4. The van der Waals surface area contributed by atoms with E-state index in [1.165, 1.54) is 43.5 Å². The number of sulfonamides is 1. The number of nitrogens with zero attached hydrogens (tertiary/aromatic N) is 2. The molecular formula is C25H25FN2O4S. The molecule has 1 heterocycles. The molecule has 8 heteroatoms. The van der Waals surface area contributed by atoms with Crippen LogP contribution in [0.25, 0.3) is 0 Å². The normalized spacial score (nSPS) is 15.9. The Bertz CT molecular complexity index is 1200. The monoisotopic (exact) mass is 468 g/mol. The lowest BCUT2D eigenvalue weighted by Gasteiger charge is -2.30. The van der Waals surface area contributed by atoms with E-state index in [1.54, 1.807) is 17.0 Å². The molecule has 3 aromatic carbocycles. The Morgan fingerprint density at radius 3 is 2.33 bits per heavy atom. The summed E-state index contributed by atoms with van der Waals surface area (Å²) in [5.41, 5.74) is 1.24. The molecule has 6 nitrogen and oxygen atoms in total. The summed E-state index contributed by atoms with van der Waals surface area (Å²) in [6.07, 6.45) is 1.66. The van der Waals surface area contributed by atoms with Crippen molar-refractivity contribution in [3.63, 3.8) is 0 Å². The minimum absolute atomic E-state index is 0.0152. The van der Waals surface area contributed by atoms with Gasteiger partial charge in [0.15, 0.2) is 0 Å². The molecule has 4 rings (SSSR count). The van der Waals surface area contributed by atoms with Crippen LogP contribution >= 0.6 is 0 Å². The summed E-state index contributed by atoms with van der Waals surface area (Å²) < 4.78 is 46.8. The maximum atomic E-state index is 13.5. The third-order valence-corrected chi connectivity index (χ3v) is 7.59. The van der Waals surface area contributed by atoms with Gasteiger partial charge in [-0.05, 0) is 66.9 Å². The van der Waals surface area contributed by atoms with Crippen LogP contribution in [0.5, 0.6) is 5.75 Å². The number of hydrogen-bond donors (Lipinski definition) is 0. The molecule has 1 unspecified atom stereocenters. The van der Waals surface area contributed by atoms with E-state index in [9.17, 15) is 17.6 Å². The van der Waals surface area contributed by atoms with Gasteiger partial charge in [-0.2, -0.15) is 0 Å². The fourth-order valence-corrected chi connectivity index (χ4v) is 5.51. The lowest BCUT2D eigenvalue weighted by Crippen LogP contribution is -2.42. The van der Waals surface area contributed by atoms with Gasteiger partial charge in [0.2, 0.25) is 5.91 Å². The van der Waals surface area contributed by atoms with Gasteiger partial charge in [0.25, 0.3) is 10.0 Å². The molecule has 1 aliphatic rings. The number of halogens is 1. The Hall–Kier alpha value is -3.39. The number of anilines is 1. The van der Waals surface area contributed by atoms with Crippen molar-refractivity contribution in [1.29, 1.82) is 0 Å². The van der Waals surface area contributed by atoms with Crippen LogP contribution in [0, 0.1) is 5.82 Å². The van der Waals surface area contributed by atoms with Crippen LogP contribution in [0.15, 0.2) is 83.8 Å². The molecule has 1 saturated heterocycles. The molecule has 0 N–H and O–H groups in total. The highest BCUT2D eigenvalue weighted by atomic mass is 32.2. The van der Waals surface area contributed by atoms with Crippen molar-refractivity contribution in [2.24, 2.45) is 0 Å². The van der Waals surface area contributed by atoms with E-state index in [0.717, 1.165) is 22.7 Å². The number of benzene rings is 3. The summed E-state index contributed by atoms with van der Waals surface area (Å²) >= 11 is 0. The van der Waals surface area contributed by atoms with Gasteiger partial charge >= 0.3 is 0 Å². The lowest BCUT2D eigenvalue weighted by molar-refractivity contribution is -0.130. The number of hydrogen-bond acceptors (Lipinski definition) is 4. The van der Waals surface area contributed by atoms with Crippen LogP contribution in [0.4, 0.5) is 10.1 Å². The maximum Gasteiger partial charge on any atom is 0.264 e. The summed E-state index contributed by atoms with van der Waals surface area (Å²) in [5, 5.41) is 0. The molecule has 0 saturated carbocycles. The van der Waals surface area contributed by atoms with Gasteiger partial charge in [0.05, 0.1) is 23.7 Å². The van der Waals surface area contributed by atoms with Gasteiger partial charge < -0.3 is 9.64 Å². The number of carbonyl (C=O) groups excluding carboxylic acids is 1. The second-order valence-electron chi connectivity index (χ2n) is 7.82. The maximum absolute atomic E-state index is 13.5. The first-order chi connectivity index (χ1) is 15.9. The smallest absolute Gasteiger partial charge is 0.264 e. The molecule has 1 fully saturated rings. The molecule has 0 aromatic heterocycles. The van der Waals surface area contributed by atoms with Gasteiger partial charge in [0.1, 0.15) is 18.1 Å². The van der Waals surface area contributed by atoms with Gasteiger partial charge in [-0.3, -0.25) is 9.10 Å². The first-order valence-electron chi connectivity index (χ1n) is 10.7. The Kier molecular flexibility index (Phi) is 6.65. The first kappa shape index (κ1) is 22.8. The molecule has 0 aliphatic carbocycles. The largest absolute Gasteiger partial charge is 0.497 e. The minimum atomic E-state index is -4.09. The molecule has 0 radical (unpaired) electrons. The molecule has 1 amide bonds. The van der Waals surface area contributed by atoms with Crippen LogP contribution in [-0.2, 0) is 14.8 Å². The minimum Gasteiger partial charge on any atom is -0.497 e. The van der Waals surface area contributed by atoms with E-state index in [1.807, 2.05) is 30.3 Å². The Morgan fingerprint density at radius 1 is 1.03 bits per heavy atom. The third kappa shape index (κ3) is 4.85. The van der Waals surface area contributed by atoms with Gasteiger partial charge in [-0.15, -0.1) is 0 Å². The highest BCUT2D eigenvalue weighted by Gasteiger charge is 2.34. The number of rotatable bonds is 7. The molecule has 33 heavy (non-hydrogen) atoms. The van der Waals surface area contributed by atoms with E-state index in [0.29, 0.717) is 12.3 Å². The molecule has 1 atom stereocenters. The van der Waals surface area contributed by atoms with Crippen LogP contribution in [0.2, 0.25) is 0 Å². The third-order valence-electron chi connectivity index (χ3n) is 5.80. The summed E-state index contributed by atoms with van der Waals surface area (Å²) in [6.45, 7) is 0.168. The zero-order valence-corrected chi connectivity index (χ0v) is 19.0. The molecule has 0 spiro atoms. The summed E-state index contributed by atoms with van der Waals surface area (Å²) in [4.78, 5) is 15.1. The average Bonchev–Trinajstić information content (AvgIpc) is 3.34. The second-order valence-corrected chi connectivity index (χ2v) is 9.68. The molecular weight excluding hydrogens is 443 g/mol. The van der Waals surface area contributed by atoms with Crippen LogP contribution in [0.1, 0.15) is 24.4 Å². The lowest BCUT2D eigenvalue weighted by atomic mass is 10.0. The predicted octanol–water partition coefficient (Wildman–Crippen LogP) is 4.39. The van der Waals surface area contributed by atoms with Gasteiger partial charge in [0, 0.05) is 6.54 Å². The molecule has 172 valence electrons. The number of carbonyl (C=O) groups is 1. The van der Waals surface area contributed by atoms with Crippen molar-refractivity contribution < 1.29 is 22.3 Å². The number of methoxy groups -OCH3 is 1. The van der Waals surface area contributed by atoms with Crippen LogP contribution in [0.3, 0.4) is 0 Å². The molecule has 0 bridgehead atoms. The van der Waals surface area contributed by atoms with Crippen molar-refractivity contribution in [3.05, 3.63) is 90.2 Å². The van der Waals surface area contributed by atoms with E-state index in [4.69, 9.17) is 4.74 Å². The van der Waals surface area contributed by atoms with Crippen molar-refractivity contribution in [3.8, 4) is 5.75 Å². The summed E-state index contributed by atoms with van der Waals surface area (Å²) in [6, 6.07) is 20.7. The van der Waals surface area contributed by atoms with Crippen molar-refractivity contribution in [2.45, 2.75) is 23.8 Å². The standard InChI is InChI=1S/C25H25FN2O4S/c1-32-22-13-15-23(16-14-22)33(30,31)28(21-11-9-20(26)10-12-21)18-25(29)27-17-5-8-24(27)19-6-3-2-4-7-19/h2-4,6-7,9-16,24H,5,8,17-18H2,1H3. The van der Waals surface area contributed by atoms with E-state index in [-0.39, 0.29) is 29.1 Å². The SMILES string of the molecule is COc1ccc(S(=O)(=O)N(CC(=O)N2CCCC2c2ccccc2)c2ccc(F)cc2)cc1. The Morgan fingerprint density at radius 2 is 1.70 bits per heavy atom. The van der Waals surface area contributed by atoms with Gasteiger partial charge in [-0.1, -0.05) is 30.3 Å². The summed E-state index contributed by atoms with van der Waals surface area (Å²) in [5.74, 6) is -0.278. The summed E-state index contributed by atoms with van der Waals surface area (Å²) in [7, 11) is -2.60. The Labute approximate surface area is 193 Å². The van der Waals surface area contributed by atoms with Crippen LogP contribution < -0.4 is 9.04 Å². The topological polar surface area (TPSA) is 66.9 Å². The second kappa shape index (κ2) is 9.62. The fraction of sp³-hybridized carbons (Fsp3) is 0.240. The zero-order valence-electron chi connectivity index (χ0n) is 18.2. The first-order valence-corrected chi connectivity index (χ1v) is 12.1. The fourth-order valence-electron chi connectivity index (χ4n) is 4.10. The van der Waals surface area contributed by atoms with E-state index in [2.05, 4.69) is 0 Å². The number of likely N-dealkylation sites (tertiary alicyclic amines) is 1. The van der Waals surface area contributed by atoms with Crippen molar-refractivity contribution >= 4 is 21.6 Å². The predicted molar refractivity (Wildman–Crippen MR) is 124 cm³/mol. The van der Waals surface area contributed by atoms with Crippen molar-refractivity contribution in [1.82, 2.24) is 4.90 Å². The highest BCUT2D eigenvalue weighted by Crippen LogP contribution is 2.33. The molecule has 3 aromatic rings. The quantitative estimate of drug-likeness (QED) is 0.516. The Balaban J connectivity index is 1.66. The van der Waals surface area contributed by atoms with Crippen molar-refractivity contribution in [2.75, 3.05) is 24.5 Å². The average molecular weight is 469 g/mol. The van der Waals surface area contributed by atoms with E-state index < -0.39 is 15.8 Å². The van der Waals surface area contributed by atoms with E-state index >= 15 is 0 Å². The van der Waals surface area contributed by atoms with Crippen LogP contribution in [-0.4, -0.2) is 39.4 Å².